The van der Waals surface area contributed by atoms with Crippen molar-refractivity contribution >= 4 is 11.8 Å². The summed E-state index contributed by atoms with van der Waals surface area (Å²) in [7, 11) is 1.63. The van der Waals surface area contributed by atoms with Gasteiger partial charge in [0.05, 0.1) is 19.2 Å². The van der Waals surface area contributed by atoms with E-state index in [0.717, 1.165) is 43.5 Å². The van der Waals surface area contributed by atoms with Crippen LogP contribution in [0.25, 0.3) is 0 Å². The number of fused-ring (bicyclic) bond motifs is 1. The third-order valence-electron chi connectivity index (χ3n) is 6.38. The molecule has 1 fully saturated rings. The van der Waals surface area contributed by atoms with Crippen LogP contribution in [-0.4, -0.2) is 59.5 Å². The van der Waals surface area contributed by atoms with Gasteiger partial charge in [0.2, 0.25) is 11.8 Å². The van der Waals surface area contributed by atoms with Crippen LogP contribution in [0.2, 0.25) is 0 Å². The zero-order chi connectivity index (χ0) is 20.9. The number of ether oxygens (including phenoxy) is 1. The summed E-state index contributed by atoms with van der Waals surface area (Å²) < 4.78 is 7.43. The van der Waals surface area contributed by atoms with Crippen LogP contribution in [0, 0.1) is 5.92 Å². The van der Waals surface area contributed by atoms with Crippen LogP contribution < -0.4 is 0 Å². The molecule has 2 heterocycles. The Balaban J connectivity index is 1.56. The van der Waals surface area contributed by atoms with Gasteiger partial charge in [0, 0.05) is 44.6 Å². The van der Waals surface area contributed by atoms with Crippen LogP contribution in [0.5, 0.6) is 0 Å². The molecule has 2 aliphatic rings. The van der Waals surface area contributed by atoms with Gasteiger partial charge in [-0.2, -0.15) is 0 Å². The van der Waals surface area contributed by atoms with Crippen molar-refractivity contribution in [2.45, 2.75) is 38.3 Å². The van der Waals surface area contributed by atoms with E-state index in [0.29, 0.717) is 19.7 Å². The molecule has 1 aromatic heterocycles. The number of hydrogen-bond acceptors (Lipinski definition) is 3. The van der Waals surface area contributed by atoms with Gasteiger partial charge >= 0.3 is 0 Å². The molecule has 6 nitrogen and oxygen atoms in total. The molecule has 0 bridgehead atoms. The predicted octanol–water partition coefficient (Wildman–Crippen LogP) is 3.08. The van der Waals surface area contributed by atoms with Gasteiger partial charge in [-0.25, -0.2) is 0 Å². The van der Waals surface area contributed by atoms with E-state index in [2.05, 4.69) is 29.0 Å². The Morgan fingerprint density at radius 3 is 2.57 bits per heavy atom. The SMILES string of the molecule is COCCN(CC(=O)N1CCn2cccc2C1c1ccccc1)C(=O)C1CCCC1. The monoisotopic (exact) mass is 409 g/mol. The number of aromatic nitrogens is 1. The average Bonchev–Trinajstić information content (AvgIpc) is 3.48. The number of hydrogen-bond donors (Lipinski definition) is 0. The first kappa shape index (κ1) is 20.7. The summed E-state index contributed by atoms with van der Waals surface area (Å²) in [5.74, 6) is 0.159. The summed E-state index contributed by atoms with van der Waals surface area (Å²) in [6.07, 6.45) is 6.13. The van der Waals surface area contributed by atoms with E-state index < -0.39 is 0 Å². The molecule has 1 saturated carbocycles. The number of amides is 2. The lowest BCUT2D eigenvalue weighted by Gasteiger charge is -2.38. The van der Waals surface area contributed by atoms with E-state index in [9.17, 15) is 9.59 Å². The van der Waals surface area contributed by atoms with Crippen molar-refractivity contribution in [3.05, 3.63) is 59.9 Å². The fourth-order valence-corrected chi connectivity index (χ4v) is 4.79. The van der Waals surface area contributed by atoms with Gasteiger partial charge in [-0.3, -0.25) is 9.59 Å². The van der Waals surface area contributed by atoms with Crippen molar-refractivity contribution in [2.75, 3.05) is 33.4 Å². The minimum atomic E-state index is -0.131. The van der Waals surface area contributed by atoms with Crippen molar-refractivity contribution in [3.63, 3.8) is 0 Å². The van der Waals surface area contributed by atoms with E-state index in [1.807, 2.05) is 29.2 Å². The summed E-state index contributed by atoms with van der Waals surface area (Å²) in [6, 6.07) is 14.1. The van der Waals surface area contributed by atoms with E-state index in [1.54, 1.807) is 12.0 Å². The van der Waals surface area contributed by atoms with Gasteiger partial charge in [0.25, 0.3) is 0 Å². The largest absolute Gasteiger partial charge is 0.383 e. The van der Waals surface area contributed by atoms with Crippen molar-refractivity contribution < 1.29 is 14.3 Å². The van der Waals surface area contributed by atoms with Crippen LogP contribution in [0.4, 0.5) is 0 Å². The Hall–Kier alpha value is -2.60. The second-order valence-electron chi connectivity index (χ2n) is 8.26. The van der Waals surface area contributed by atoms with Crippen LogP contribution >= 0.6 is 0 Å². The number of methoxy groups -OCH3 is 1. The van der Waals surface area contributed by atoms with Crippen molar-refractivity contribution in [1.29, 1.82) is 0 Å². The Bertz CT molecular complexity index is 858. The Kier molecular flexibility index (Phi) is 6.53. The summed E-state index contributed by atoms with van der Waals surface area (Å²) in [5.41, 5.74) is 2.21. The molecule has 2 aromatic rings. The molecule has 30 heavy (non-hydrogen) atoms. The number of rotatable bonds is 7. The molecule has 4 rings (SSSR count). The van der Waals surface area contributed by atoms with Crippen molar-refractivity contribution in [1.82, 2.24) is 14.4 Å². The summed E-state index contributed by atoms with van der Waals surface area (Å²) in [6.45, 7) is 2.42. The first-order valence-corrected chi connectivity index (χ1v) is 11.0. The van der Waals surface area contributed by atoms with Gasteiger partial charge in [0.15, 0.2) is 0 Å². The van der Waals surface area contributed by atoms with E-state index in [-0.39, 0.29) is 30.3 Å². The van der Waals surface area contributed by atoms with Gasteiger partial charge in [-0.1, -0.05) is 43.2 Å². The highest BCUT2D eigenvalue weighted by Crippen LogP contribution is 2.33. The predicted molar refractivity (Wildman–Crippen MR) is 115 cm³/mol. The second-order valence-corrected chi connectivity index (χ2v) is 8.26. The zero-order valence-corrected chi connectivity index (χ0v) is 17.7. The molecule has 0 saturated heterocycles. The lowest BCUT2D eigenvalue weighted by atomic mass is 9.99. The molecule has 1 aromatic carbocycles. The highest BCUT2D eigenvalue weighted by atomic mass is 16.5. The Morgan fingerprint density at radius 1 is 1.07 bits per heavy atom. The maximum absolute atomic E-state index is 13.5. The van der Waals surface area contributed by atoms with Crippen molar-refractivity contribution in [2.24, 2.45) is 5.92 Å². The minimum absolute atomic E-state index is 0.00115. The number of benzene rings is 1. The maximum Gasteiger partial charge on any atom is 0.243 e. The molecule has 1 aliphatic heterocycles. The second kappa shape index (κ2) is 9.47. The third-order valence-corrected chi connectivity index (χ3v) is 6.38. The van der Waals surface area contributed by atoms with Gasteiger partial charge in [-0.05, 0) is 30.5 Å². The van der Waals surface area contributed by atoms with Crippen LogP contribution in [-0.2, 0) is 20.9 Å². The van der Waals surface area contributed by atoms with Gasteiger partial charge in [-0.15, -0.1) is 0 Å². The molecule has 160 valence electrons. The molecule has 0 spiro atoms. The third kappa shape index (κ3) is 4.29. The lowest BCUT2D eigenvalue weighted by molar-refractivity contribution is -0.144. The molecule has 0 N–H and O–H groups in total. The summed E-state index contributed by atoms with van der Waals surface area (Å²) >= 11 is 0. The minimum Gasteiger partial charge on any atom is -0.383 e. The zero-order valence-electron chi connectivity index (χ0n) is 17.7. The van der Waals surface area contributed by atoms with Crippen molar-refractivity contribution in [3.8, 4) is 0 Å². The molecule has 1 atom stereocenters. The maximum atomic E-state index is 13.5. The molecule has 1 unspecified atom stereocenters. The molecule has 1 aliphatic carbocycles. The quantitative estimate of drug-likeness (QED) is 0.706. The molecule has 0 radical (unpaired) electrons. The van der Waals surface area contributed by atoms with E-state index in [1.165, 1.54) is 0 Å². The summed E-state index contributed by atoms with van der Waals surface area (Å²) in [5, 5.41) is 0. The van der Waals surface area contributed by atoms with Gasteiger partial charge in [0.1, 0.15) is 0 Å². The van der Waals surface area contributed by atoms with Gasteiger partial charge < -0.3 is 19.1 Å². The van der Waals surface area contributed by atoms with E-state index in [4.69, 9.17) is 4.74 Å². The number of carbonyl (C=O) groups excluding carboxylic acids is 2. The number of carbonyl (C=O) groups is 2. The summed E-state index contributed by atoms with van der Waals surface area (Å²) in [4.78, 5) is 30.2. The van der Waals surface area contributed by atoms with Crippen LogP contribution in [0.15, 0.2) is 48.7 Å². The fraction of sp³-hybridized carbons (Fsp3) is 0.500. The molecular weight excluding hydrogens is 378 g/mol. The molecular formula is C24H31N3O3. The normalized spacial score (nSPS) is 19.0. The first-order valence-electron chi connectivity index (χ1n) is 11.0. The standard InChI is InChI=1S/C24H31N3O3/c1-30-17-16-26(24(29)20-10-5-6-11-20)18-22(28)27-15-14-25-13-7-12-21(25)23(27)19-8-3-2-4-9-19/h2-4,7-9,12-13,20,23H,5-6,10-11,14-18H2,1H3. The van der Waals surface area contributed by atoms with Crippen LogP contribution in [0.3, 0.4) is 0 Å². The average molecular weight is 410 g/mol. The Morgan fingerprint density at radius 2 is 1.83 bits per heavy atom. The smallest absolute Gasteiger partial charge is 0.243 e. The van der Waals surface area contributed by atoms with Crippen LogP contribution in [0.1, 0.15) is 43.0 Å². The lowest BCUT2D eigenvalue weighted by Crippen LogP contribution is -2.49. The first-order chi connectivity index (χ1) is 14.7. The number of nitrogens with zero attached hydrogens (tertiary/aromatic N) is 3. The molecule has 6 heteroatoms. The highest BCUT2D eigenvalue weighted by molar-refractivity contribution is 5.86. The molecule has 2 amide bonds. The topological polar surface area (TPSA) is 54.8 Å². The fourth-order valence-electron chi connectivity index (χ4n) is 4.79. The Labute approximate surface area is 178 Å². The van der Waals surface area contributed by atoms with E-state index >= 15 is 0 Å². The highest BCUT2D eigenvalue weighted by Gasteiger charge is 2.34.